The molecule has 0 aliphatic carbocycles. The zero-order valence-electron chi connectivity index (χ0n) is 9.59. The van der Waals surface area contributed by atoms with E-state index < -0.39 is 0 Å². The van der Waals surface area contributed by atoms with Crippen LogP contribution in [0, 0.1) is 0 Å². The standard InChI is InChI=1S/C11H24N2O/c1-3-5-7-13(4-2)11(9-12)6-8-14-10-11/h3-10,12H2,1-2H3. The third-order valence-corrected chi connectivity index (χ3v) is 3.30. The molecule has 0 spiro atoms. The Bertz CT molecular complexity index is 155. The molecule has 1 saturated heterocycles. The number of rotatable bonds is 6. The third-order valence-electron chi connectivity index (χ3n) is 3.30. The average Bonchev–Trinajstić information content (AvgIpc) is 2.69. The van der Waals surface area contributed by atoms with Crippen LogP contribution in [0.4, 0.5) is 0 Å². The molecule has 0 aromatic carbocycles. The summed E-state index contributed by atoms with van der Waals surface area (Å²) in [5.41, 5.74) is 6.04. The van der Waals surface area contributed by atoms with E-state index in [1.165, 1.54) is 12.8 Å². The van der Waals surface area contributed by atoms with Crippen LogP contribution in [0.5, 0.6) is 0 Å². The van der Waals surface area contributed by atoms with Crippen LogP contribution in [0.3, 0.4) is 0 Å². The van der Waals surface area contributed by atoms with Crippen LogP contribution in [0.15, 0.2) is 0 Å². The summed E-state index contributed by atoms with van der Waals surface area (Å²) in [6.45, 7) is 9.11. The minimum Gasteiger partial charge on any atom is -0.379 e. The Labute approximate surface area is 87.6 Å². The first kappa shape index (κ1) is 12.0. The first-order chi connectivity index (χ1) is 6.79. The molecular weight excluding hydrogens is 176 g/mol. The molecule has 1 fully saturated rings. The molecule has 0 aromatic rings. The molecule has 0 aromatic heterocycles. The van der Waals surface area contributed by atoms with E-state index >= 15 is 0 Å². The number of hydrogen-bond acceptors (Lipinski definition) is 3. The fraction of sp³-hybridized carbons (Fsp3) is 1.00. The summed E-state index contributed by atoms with van der Waals surface area (Å²) in [6.07, 6.45) is 3.61. The second-order valence-electron chi connectivity index (χ2n) is 4.16. The summed E-state index contributed by atoms with van der Waals surface area (Å²) in [6, 6.07) is 0. The summed E-state index contributed by atoms with van der Waals surface area (Å²) >= 11 is 0. The van der Waals surface area contributed by atoms with E-state index in [1.54, 1.807) is 0 Å². The molecule has 1 atom stereocenters. The zero-order chi connectivity index (χ0) is 10.4. The number of nitrogens with zero attached hydrogens (tertiary/aromatic N) is 1. The molecule has 1 aliphatic rings. The molecule has 3 heteroatoms. The van der Waals surface area contributed by atoms with Crippen LogP contribution in [0.1, 0.15) is 33.1 Å². The van der Waals surface area contributed by atoms with E-state index in [2.05, 4.69) is 18.7 Å². The highest BCUT2D eigenvalue weighted by atomic mass is 16.5. The molecule has 14 heavy (non-hydrogen) atoms. The predicted molar refractivity (Wildman–Crippen MR) is 59.4 cm³/mol. The Kier molecular flexibility index (Phi) is 4.85. The molecule has 2 N–H and O–H groups in total. The van der Waals surface area contributed by atoms with Crippen LogP contribution in [0.2, 0.25) is 0 Å². The van der Waals surface area contributed by atoms with Crippen LogP contribution in [-0.2, 0) is 4.74 Å². The first-order valence-electron chi connectivity index (χ1n) is 5.82. The van der Waals surface area contributed by atoms with Gasteiger partial charge in [-0.1, -0.05) is 20.3 Å². The number of nitrogens with two attached hydrogens (primary N) is 1. The maximum absolute atomic E-state index is 5.90. The summed E-state index contributed by atoms with van der Waals surface area (Å²) in [5, 5.41) is 0. The number of hydrogen-bond donors (Lipinski definition) is 1. The number of likely N-dealkylation sites (N-methyl/N-ethyl adjacent to an activating group) is 1. The van der Waals surface area contributed by atoms with Gasteiger partial charge in [-0.25, -0.2) is 0 Å². The summed E-state index contributed by atoms with van der Waals surface area (Å²) in [7, 11) is 0. The zero-order valence-corrected chi connectivity index (χ0v) is 9.59. The SMILES string of the molecule is CCCCN(CC)C1(CN)CCOC1. The van der Waals surface area contributed by atoms with Gasteiger partial charge >= 0.3 is 0 Å². The van der Waals surface area contributed by atoms with Crippen molar-refractivity contribution in [1.29, 1.82) is 0 Å². The van der Waals surface area contributed by atoms with Gasteiger partial charge in [0, 0.05) is 13.2 Å². The largest absolute Gasteiger partial charge is 0.379 e. The van der Waals surface area contributed by atoms with Crippen molar-refractivity contribution in [2.45, 2.75) is 38.6 Å². The van der Waals surface area contributed by atoms with Crippen molar-refractivity contribution in [2.24, 2.45) is 5.73 Å². The molecule has 1 unspecified atom stereocenters. The van der Waals surface area contributed by atoms with Crippen LogP contribution in [-0.4, -0.2) is 43.3 Å². The number of unbranched alkanes of at least 4 members (excludes halogenated alkanes) is 1. The quantitative estimate of drug-likeness (QED) is 0.701. The lowest BCUT2D eigenvalue weighted by Crippen LogP contribution is -2.54. The first-order valence-corrected chi connectivity index (χ1v) is 5.82. The Balaban J connectivity index is 2.54. The topological polar surface area (TPSA) is 38.5 Å². The van der Waals surface area contributed by atoms with E-state index in [-0.39, 0.29) is 5.54 Å². The van der Waals surface area contributed by atoms with Gasteiger partial charge in [-0.3, -0.25) is 4.90 Å². The summed E-state index contributed by atoms with van der Waals surface area (Å²) in [5.74, 6) is 0. The van der Waals surface area contributed by atoms with Crippen molar-refractivity contribution in [3.8, 4) is 0 Å². The molecule has 1 aliphatic heterocycles. The second kappa shape index (κ2) is 5.69. The molecule has 1 rings (SSSR count). The third kappa shape index (κ3) is 2.47. The lowest BCUT2D eigenvalue weighted by atomic mass is 9.96. The molecule has 3 nitrogen and oxygen atoms in total. The Morgan fingerprint density at radius 1 is 1.43 bits per heavy atom. The van der Waals surface area contributed by atoms with Gasteiger partial charge in [0.25, 0.3) is 0 Å². The van der Waals surface area contributed by atoms with Crippen LogP contribution in [0.25, 0.3) is 0 Å². The molecule has 0 radical (unpaired) electrons. The van der Waals surface area contributed by atoms with Crippen LogP contribution < -0.4 is 5.73 Å². The smallest absolute Gasteiger partial charge is 0.0663 e. The molecule has 0 amide bonds. The van der Waals surface area contributed by atoms with E-state index in [1.807, 2.05) is 0 Å². The van der Waals surface area contributed by atoms with Crippen molar-refractivity contribution < 1.29 is 4.74 Å². The highest BCUT2D eigenvalue weighted by Crippen LogP contribution is 2.25. The van der Waals surface area contributed by atoms with Crippen molar-refractivity contribution >= 4 is 0 Å². The fourth-order valence-electron chi connectivity index (χ4n) is 2.22. The van der Waals surface area contributed by atoms with Crippen molar-refractivity contribution in [3.05, 3.63) is 0 Å². The number of ether oxygens (including phenoxy) is 1. The average molecular weight is 200 g/mol. The molecule has 84 valence electrons. The van der Waals surface area contributed by atoms with Crippen molar-refractivity contribution in [3.63, 3.8) is 0 Å². The highest BCUT2D eigenvalue weighted by molar-refractivity contribution is 4.94. The van der Waals surface area contributed by atoms with E-state index in [0.29, 0.717) is 0 Å². The molecule has 1 heterocycles. The van der Waals surface area contributed by atoms with E-state index in [9.17, 15) is 0 Å². The Morgan fingerprint density at radius 2 is 2.21 bits per heavy atom. The molecule has 0 saturated carbocycles. The normalized spacial score (nSPS) is 27.4. The van der Waals surface area contributed by atoms with Crippen molar-refractivity contribution in [1.82, 2.24) is 4.90 Å². The van der Waals surface area contributed by atoms with E-state index in [4.69, 9.17) is 10.5 Å². The van der Waals surface area contributed by atoms with Gasteiger partial charge in [0.15, 0.2) is 0 Å². The Hall–Kier alpha value is -0.120. The highest BCUT2D eigenvalue weighted by Gasteiger charge is 2.38. The van der Waals surface area contributed by atoms with Gasteiger partial charge in [-0.15, -0.1) is 0 Å². The molecule has 0 bridgehead atoms. The molecular formula is C11H24N2O. The Morgan fingerprint density at radius 3 is 2.64 bits per heavy atom. The van der Waals surface area contributed by atoms with Gasteiger partial charge < -0.3 is 10.5 Å². The van der Waals surface area contributed by atoms with Gasteiger partial charge in [0.2, 0.25) is 0 Å². The van der Waals surface area contributed by atoms with Crippen LogP contribution >= 0.6 is 0 Å². The monoisotopic (exact) mass is 200 g/mol. The fourth-order valence-corrected chi connectivity index (χ4v) is 2.22. The summed E-state index contributed by atoms with van der Waals surface area (Å²) < 4.78 is 5.49. The minimum absolute atomic E-state index is 0.143. The lowest BCUT2D eigenvalue weighted by molar-refractivity contribution is 0.0750. The van der Waals surface area contributed by atoms with Gasteiger partial charge in [0.1, 0.15) is 0 Å². The maximum Gasteiger partial charge on any atom is 0.0663 e. The van der Waals surface area contributed by atoms with Crippen molar-refractivity contribution in [2.75, 3.05) is 32.8 Å². The van der Waals surface area contributed by atoms with E-state index in [0.717, 1.165) is 39.3 Å². The predicted octanol–water partition coefficient (Wildman–Crippen LogP) is 1.23. The van der Waals surface area contributed by atoms with Gasteiger partial charge in [-0.05, 0) is 25.9 Å². The summed E-state index contributed by atoms with van der Waals surface area (Å²) in [4.78, 5) is 2.50. The second-order valence-corrected chi connectivity index (χ2v) is 4.16. The maximum atomic E-state index is 5.90. The van der Waals surface area contributed by atoms with Gasteiger partial charge in [-0.2, -0.15) is 0 Å². The lowest BCUT2D eigenvalue weighted by Gasteiger charge is -2.38. The van der Waals surface area contributed by atoms with Gasteiger partial charge in [0.05, 0.1) is 12.1 Å². The minimum atomic E-state index is 0.143.